The largest absolute Gasteiger partial charge is 0.490 e. The molecular formula is C19H26N4O2. The summed E-state index contributed by atoms with van der Waals surface area (Å²) in [4.78, 5) is 2.42. The summed E-state index contributed by atoms with van der Waals surface area (Å²) >= 11 is 0. The van der Waals surface area contributed by atoms with Crippen molar-refractivity contribution in [1.82, 2.24) is 20.3 Å². The first kappa shape index (κ1) is 16.5. The second-order valence-corrected chi connectivity index (χ2v) is 7.14. The van der Waals surface area contributed by atoms with E-state index in [9.17, 15) is 0 Å². The molecule has 0 amide bonds. The Balaban J connectivity index is 1.40. The zero-order chi connectivity index (χ0) is 17.1. The van der Waals surface area contributed by atoms with Crippen LogP contribution in [-0.4, -0.2) is 52.7 Å². The van der Waals surface area contributed by atoms with Crippen molar-refractivity contribution in [3.63, 3.8) is 0 Å². The van der Waals surface area contributed by atoms with E-state index in [1.165, 1.54) is 31.2 Å². The van der Waals surface area contributed by atoms with Gasteiger partial charge in [0.15, 0.2) is 0 Å². The average Bonchev–Trinajstić information content (AvgIpc) is 3.36. The van der Waals surface area contributed by atoms with Crippen LogP contribution in [-0.2, 0) is 11.3 Å². The smallest absolute Gasteiger partial charge is 0.120 e. The molecule has 1 aliphatic heterocycles. The molecule has 0 unspecified atom stereocenters. The highest BCUT2D eigenvalue weighted by atomic mass is 16.5. The highest BCUT2D eigenvalue weighted by Crippen LogP contribution is 2.30. The van der Waals surface area contributed by atoms with Crippen LogP contribution in [0.3, 0.4) is 0 Å². The third-order valence-electron chi connectivity index (χ3n) is 5.37. The standard InChI is InChI=1S/C19H26N4O2/c1-24-19-13-23(12-17(19)18-10-20-22-21-18)11-14-5-4-8-16(9-14)25-15-6-2-3-7-15/h4-5,8-10,15,17,19H,2-3,6-7,11-13H2,1H3,(H,20,21,22)/t17-,19+/m0/s1. The SMILES string of the molecule is CO[C@@H]1CN(Cc2cccc(OC3CCCC3)c2)C[C@H]1c1cn[nH]n1. The zero-order valence-corrected chi connectivity index (χ0v) is 14.7. The van der Waals surface area contributed by atoms with Crippen LogP contribution in [0.2, 0.25) is 0 Å². The number of nitrogens with zero attached hydrogens (tertiary/aromatic N) is 3. The summed E-state index contributed by atoms with van der Waals surface area (Å²) in [6, 6.07) is 8.52. The number of methoxy groups -OCH3 is 1. The van der Waals surface area contributed by atoms with Gasteiger partial charge in [0.25, 0.3) is 0 Å². The van der Waals surface area contributed by atoms with Crippen LogP contribution in [0.25, 0.3) is 0 Å². The predicted molar refractivity (Wildman–Crippen MR) is 94.5 cm³/mol. The monoisotopic (exact) mass is 342 g/mol. The number of aromatic nitrogens is 3. The van der Waals surface area contributed by atoms with Crippen molar-refractivity contribution in [2.24, 2.45) is 0 Å². The first-order chi connectivity index (χ1) is 12.3. The average molecular weight is 342 g/mol. The van der Waals surface area contributed by atoms with Crippen LogP contribution in [0.5, 0.6) is 5.75 Å². The molecule has 1 aromatic carbocycles. The van der Waals surface area contributed by atoms with Gasteiger partial charge in [0.1, 0.15) is 5.75 Å². The minimum atomic E-state index is 0.156. The number of nitrogens with one attached hydrogen (secondary N) is 1. The Morgan fingerprint density at radius 2 is 2.12 bits per heavy atom. The lowest BCUT2D eigenvalue weighted by Crippen LogP contribution is -2.22. The molecule has 1 N–H and O–H groups in total. The van der Waals surface area contributed by atoms with Crippen molar-refractivity contribution in [3.05, 3.63) is 41.7 Å². The van der Waals surface area contributed by atoms with Gasteiger partial charge in [-0.3, -0.25) is 4.90 Å². The van der Waals surface area contributed by atoms with E-state index in [1.54, 1.807) is 13.3 Å². The van der Waals surface area contributed by atoms with Crippen molar-refractivity contribution in [1.29, 1.82) is 0 Å². The minimum Gasteiger partial charge on any atom is -0.490 e. The van der Waals surface area contributed by atoms with Gasteiger partial charge in [0, 0.05) is 32.7 Å². The fourth-order valence-corrected chi connectivity index (χ4v) is 4.07. The predicted octanol–water partition coefficient (Wildman–Crippen LogP) is 2.74. The third-order valence-corrected chi connectivity index (χ3v) is 5.37. The van der Waals surface area contributed by atoms with Gasteiger partial charge in [0.05, 0.1) is 24.1 Å². The number of rotatable bonds is 6. The van der Waals surface area contributed by atoms with Crippen LogP contribution in [0.1, 0.15) is 42.9 Å². The molecule has 134 valence electrons. The number of benzene rings is 1. The topological polar surface area (TPSA) is 63.3 Å². The maximum Gasteiger partial charge on any atom is 0.120 e. The molecule has 4 rings (SSSR count). The fourth-order valence-electron chi connectivity index (χ4n) is 4.07. The fraction of sp³-hybridized carbons (Fsp3) is 0.579. The Morgan fingerprint density at radius 3 is 2.88 bits per heavy atom. The van der Waals surface area contributed by atoms with Gasteiger partial charge in [-0.1, -0.05) is 12.1 Å². The highest BCUT2D eigenvalue weighted by Gasteiger charge is 2.35. The normalized spacial score (nSPS) is 24.8. The first-order valence-corrected chi connectivity index (χ1v) is 9.18. The molecule has 1 aliphatic carbocycles. The van der Waals surface area contributed by atoms with Crippen LogP contribution < -0.4 is 4.74 Å². The van der Waals surface area contributed by atoms with E-state index in [1.807, 2.05) is 0 Å². The maximum absolute atomic E-state index is 6.14. The van der Waals surface area contributed by atoms with E-state index < -0.39 is 0 Å². The Hall–Kier alpha value is -1.92. The van der Waals surface area contributed by atoms with Gasteiger partial charge >= 0.3 is 0 Å². The Kier molecular flexibility index (Phi) is 4.99. The minimum absolute atomic E-state index is 0.156. The highest BCUT2D eigenvalue weighted by molar-refractivity contribution is 5.29. The maximum atomic E-state index is 6.14. The third kappa shape index (κ3) is 3.85. The van der Waals surface area contributed by atoms with Crippen LogP contribution in [0.15, 0.2) is 30.5 Å². The Morgan fingerprint density at radius 1 is 1.24 bits per heavy atom. The molecule has 2 heterocycles. The molecule has 6 heteroatoms. The molecule has 6 nitrogen and oxygen atoms in total. The van der Waals surface area contributed by atoms with Gasteiger partial charge < -0.3 is 9.47 Å². The van der Waals surface area contributed by atoms with Crippen LogP contribution in [0, 0.1) is 0 Å². The van der Waals surface area contributed by atoms with Crippen molar-refractivity contribution >= 4 is 0 Å². The second kappa shape index (κ2) is 7.54. The Labute approximate surface area is 148 Å². The summed E-state index contributed by atoms with van der Waals surface area (Å²) in [5.74, 6) is 1.27. The molecule has 0 spiro atoms. The van der Waals surface area contributed by atoms with E-state index >= 15 is 0 Å². The quantitative estimate of drug-likeness (QED) is 0.874. The lowest BCUT2D eigenvalue weighted by atomic mass is 10.0. The van der Waals surface area contributed by atoms with E-state index in [-0.39, 0.29) is 12.0 Å². The molecule has 2 aromatic rings. The summed E-state index contributed by atoms with van der Waals surface area (Å²) < 4.78 is 11.8. The summed E-state index contributed by atoms with van der Waals surface area (Å²) in [6.45, 7) is 2.73. The van der Waals surface area contributed by atoms with Crippen molar-refractivity contribution in [2.75, 3.05) is 20.2 Å². The first-order valence-electron chi connectivity index (χ1n) is 9.18. The summed E-state index contributed by atoms with van der Waals surface area (Å²) in [7, 11) is 1.78. The molecule has 1 aromatic heterocycles. The lowest BCUT2D eigenvalue weighted by Gasteiger charge is -2.17. The molecule has 0 bridgehead atoms. The van der Waals surface area contributed by atoms with Crippen molar-refractivity contribution < 1.29 is 9.47 Å². The summed E-state index contributed by atoms with van der Waals surface area (Å²) in [5.41, 5.74) is 2.26. The van der Waals surface area contributed by atoms with Crippen molar-refractivity contribution in [2.45, 2.75) is 50.4 Å². The molecular weight excluding hydrogens is 316 g/mol. The zero-order valence-electron chi connectivity index (χ0n) is 14.7. The summed E-state index contributed by atoms with van der Waals surface area (Å²) in [5, 5.41) is 10.9. The van der Waals surface area contributed by atoms with Crippen LogP contribution >= 0.6 is 0 Å². The molecule has 25 heavy (non-hydrogen) atoms. The number of hydrogen-bond acceptors (Lipinski definition) is 5. The van der Waals surface area contributed by atoms with Gasteiger partial charge in [-0.25, -0.2) is 0 Å². The Bertz CT molecular complexity index is 670. The molecule has 2 fully saturated rings. The van der Waals surface area contributed by atoms with E-state index in [2.05, 4.69) is 44.6 Å². The number of ether oxygens (including phenoxy) is 2. The molecule has 0 radical (unpaired) electrons. The van der Waals surface area contributed by atoms with E-state index in [0.29, 0.717) is 6.10 Å². The molecule has 1 saturated heterocycles. The van der Waals surface area contributed by atoms with E-state index in [0.717, 1.165) is 31.1 Å². The van der Waals surface area contributed by atoms with Gasteiger partial charge in [-0.05, 0) is 43.4 Å². The molecule has 1 saturated carbocycles. The number of aromatic amines is 1. The molecule has 2 aliphatic rings. The number of H-pyrrole nitrogens is 1. The molecule has 2 atom stereocenters. The van der Waals surface area contributed by atoms with Gasteiger partial charge in [-0.15, -0.1) is 0 Å². The van der Waals surface area contributed by atoms with Crippen molar-refractivity contribution in [3.8, 4) is 5.75 Å². The number of likely N-dealkylation sites (tertiary alicyclic amines) is 1. The van der Waals surface area contributed by atoms with Gasteiger partial charge in [0.2, 0.25) is 0 Å². The number of hydrogen-bond donors (Lipinski definition) is 1. The summed E-state index contributed by atoms with van der Waals surface area (Å²) in [6.07, 6.45) is 7.31. The lowest BCUT2D eigenvalue weighted by molar-refractivity contribution is 0.0957. The van der Waals surface area contributed by atoms with Crippen LogP contribution in [0.4, 0.5) is 0 Å². The van der Waals surface area contributed by atoms with E-state index in [4.69, 9.17) is 9.47 Å². The second-order valence-electron chi connectivity index (χ2n) is 7.14. The van der Waals surface area contributed by atoms with Gasteiger partial charge in [-0.2, -0.15) is 15.4 Å².